The summed E-state index contributed by atoms with van der Waals surface area (Å²) in [6.07, 6.45) is 3.13. The van der Waals surface area contributed by atoms with Gasteiger partial charge in [-0.05, 0) is 36.8 Å². The molecular weight excluding hydrogens is 222 g/mol. The van der Waals surface area contributed by atoms with E-state index >= 15 is 0 Å². The van der Waals surface area contributed by atoms with Crippen molar-refractivity contribution in [3.8, 4) is 0 Å². The Hall–Kier alpha value is -0.960. The minimum atomic E-state index is -0.760. The third-order valence-electron chi connectivity index (χ3n) is 3.52. The van der Waals surface area contributed by atoms with Crippen molar-refractivity contribution >= 4 is 0 Å². The molecule has 0 saturated carbocycles. The Morgan fingerprint density at radius 2 is 2.00 bits per heavy atom. The van der Waals surface area contributed by atoms with E-state index in [1.54, 1.807) is 12.1 Å². The number of hydrogen-bond acceptors (Lipinski definition) is 1. The number of ether oxygens (including phenoxy) is 1. The minimum Gasteiger partial charge on any atom is -0.370 e. The highest BCUT2D eigenvalue weighted by molar-refractivity contribution is 5.23. The Morgan fingerprint density at radius 3 is 2.59 bits per heavy atom. The second kappa shape index (κ2) is 5.13. The number of benzene rings is 1. The maximum Gasteiger partial charge on any atom is 0.162 e. The summed E-state index contributed by atoms with van der Waals surface area (Å²) in [5.74, 6) is -1.41. The highest BCUT2D eigenvalue weighted by atomic mass is 19.2. The maximum absolute atomic E-state index is 13.7. The molecule has 3 unspecified atom stereocenters. The molecular formula is C14H18F2O. The van der Waals surface area contributed by atoms with Gasteiger partial charge in [0.15, 0.2) is 11.6 Å². The smallest absolute Gasteiger partial charge is 0.162 e. The standard InChI is InChI=1S/C14H18F2O/c1-3-9(8-13-12(4-2)17-13)10-6-5-7-11(15)14(10)16/h5-7,9,12-13H,3-4,8H2,1-2H3. The topological polar surface area (TPSA) is 12.5 Å². The molecule has 0 aromatic heterocycles. The van der Waals surface area contributed by atoms with Crippen LogP contribution in [0.1, 0.15) is 44.6 Å². The fourth-order valence-electron chi connectivity index (χ4n) is 2.38. The van der Waals surface area contributed by atoms with E-state index in [2.05, 4.69) is 6.92 Å². The number of hydrogen-bond donors (Lipinski definition) is 0. The van der Waals surface area contributed by atoms with Crippen molar-refractivity contribution in [1.82, 2.24) is 0 Å². The van der Waals surface area contributed by atoms with E-state index in [4.69, 9.17) is 4.74 Å². The molecule has 1 saturated heterocycles. The first kappa shape index (κ1) is 12.5. The van der Waals surface area contributed by atoms with Gasteiger partial charge in [0.2, 0.25) is 0 Å². The summed E-state index contributed by atoms with van der Waals surface area (Å²) in [6.45, 7) is 4.08. The molecule has 2 rings (SSSR count). The number of rotatable bonds is 5. The fraction of sp³-hybridized carbons (Fsp3) is 0.571. The van der Waals surface area contributed by atoms with Gasteiger partial charge in [-0.3, -0.25) is 0 Å². The first-order valence-corrected chi connectivity index (χ1v) is 6.26. The second-order valence-corrected chi connectivity index (χ2v) is 4.61. The quantitative estimate of drug-likeness (QED) is 0.708. The van der Waals surface area contributed by atoms with Crippen LogP contribution in [0.5, 0.6) is 0 Å². The molecule has 0 bridgehead atoms. The van der Waals surface area contributed by atoms with E-state index in [0.717, 1.165) is 25.3 Å². The maximum atomic E-state index is 13.7. The van der Waals surface area contributed by atoms with Crippen molar-refractivity contribution in [3.05, 3.63) is 35.4 Å². The van der Waals surface area contributed by atoms with Gasteiger partial charge in [-0.15, -0.1) is 0 Å². The predicted octanol–water partition coefficient (Wildman–Crippen LogP) is 4.03. The molecule has 0 N–H and O–H groups in total. The van der Waals surface area contributed by atoms with E-state index < -0.39 is 11.6 Å². The lowest BCUT2D eigenvalue weighted by Gasteiger charge is -2.15. The number of epoxide rings is 1. The average molecular weight is 240 g/mol. The summed E-state index contributed by atoms with van der Waals surface area (Å²) in [5.41, 5.74) is 0.484. The van der Waals surface area contributed by atoms with E-state index in [9.17, 15) is 8.78 Å². The van der Waals surface area contributed by atoms with Gasteiger partial charge in [0.1, 0.15) is 0 Å². The van der Waals surface area contributed by atoms with Gasteiger partial charge in [0.05, 0.1) is 12.2 Å². The van der Waals surface area contributed by atoms with Crippen molar-refractivity contribution in [1.29, 1.82) is 0 Å². The Labute approximate surface area is 101 Å². The molecule has 94 valence electrons. The zero-order valence-electron chi connectivity index (χ0n) is 10.2. The highest BCUT2D eigenvalue weighted by Crippen LogP contribution is 2.37. The van der Waals surface area contributed by atoms with Gasteiger partial charge in [-0.25, -0.2) is 8.78 Å². The SMILES string of the molecule is CCC(CC1OC1CC)c1cccc(F)c1F. The van der Waals surface area contributed by atoms with Gasteiger partial charge >= 0.3 is 0 Å². The molecule has 1 fully saturated rings. The predicted molar refractivity (Wildman–Crippen MR) is 63.0 cm³/mol. The second-order valence-electron chi connectivity index (χ2n) is 4.61. The average Bonchev–Trinajstić information content (AvgIpc) is 3.08. The summed E-state index contributed by atoms with van der Waals surface area (Å²) < 4.78 is 32.3. The van der Waals surface area contributed by atoms with Crippen LogP contribution in [0.4, 0.5) is 8.78 Å². The molecule has 1 aliphatic heterocycles. The molecule has 0 aliphatic carbocycles. The monoisotopic (exact) mass is 240 g/mol. The minimum absolute atomic E-state index is 0.0484. The molecule has 0 radical (unpaired) electrons. The largest absolute Gasteiger partial charge is 0.370 e. The van der Waals surface area contributed by atoms with Gasteiger partial charge in [-0.1, -0.05) is 26.0 Å². The van der Waals surface area contributed by atoms with Gasteiger partial charge in [-0.2, -0.15) is 0 Å². The van der Waals surface area contributed by atoms with Gasteiger partial charge in [0.25, 0.3) is 0 Å². The van der Waals surface area contributed by atoms with Crippen LogP contribution in [0.2, 0.25) is 0 Å². The summed E-state index contributed by atoms with van der Waals surface area (Å²) >= 11 is 0. The van der Waals surface area contributed by atoms with E-state index in [1.807, 2.05) is 6.92 Å². The fourth-order valence-corrected chi connectivity index (χ4v) is 2.38. The third-order valence-corrected chi connectivity index (χ3v) is 3.52. The van der Waals surface area contributed by atoms with E-state index in [1.165, 1.54) is 0 Å². The summed E-state index contributed by atoms with van der Waals surface area (Å²) in [4.78, 5) is 0. The zero-order chi connectivity index (χ0) is 12.4. The molecule has 1 nitrogen and oxygen atoms in total. The van der Waals surface area contributed by atoms with Crippen LogP contribution < -0.4 is 0 Å². The van der Waals surface area contributed by atoms with Crippen LogP contribution >= 0.6 is 0 Å². The van der Waals surface area contributed by atoms with Crippen LogP contribution in [0.3, 0.4) is 0 Å². The molecule has 0 amide bonds. The first-order valence-electron chi connectivity index (χ1n) is 6.26. The molecule has 1 heterocycles. The molecule has 1 aromatic carbocycles. The lowest BCUT2D eigenvalue weighted by Crippen LogP contribution is -2.07. The molecule has 17 heavy (non-hydrogen) atoms. The van der Waals surface area contributed by atoms with Crippen molar-refractivity contribution < 1.29 is 13.5 Å². The summed E-state index contributed by atoms with van der Waals surface area (Å²) in [7, 11) is 0. The normalized spacial score (nSPS) is 24.7. The number of halogens is 2. The van der Waals surface area contributed by atoms with E-state index in [-0.39, 0.29) is 12.0 Å². The Bertz CT molecular complexity index is 392. The third kappa shape index (κ3) is 2.65. The van der Waals surface area contributed by atoms with Crippen molar-refractivity contribution in [3.63, 3.8) is 0 Å². The molecule has 1 aromatic rings. The Morgan fingerprint density at radius 1 is 1.24 bits per heavy atom. The summed E-state index contributed by atoms with van der Waals surface area (Å²) in [6, 6.07) is 4.41. The van der Waals surface area contributed by atoms with Crippen LogP contribution in [-0.4, -0.2) is 12.2 Å². The molecule has 0 spiro atoms. The van der Waals surface area contributed by atoms with Crippen molar-refractivity contribution in [2.45, 2.75) is 51.2 Å². The lowest BCUT2D eigenvalue weighted by atomic mass is 9.90. The Kier molecular flexibility index (Phi) is 3.77. The van der Waals surface area contributed by atoms with E-state index in [0.29, 0.717) is 11.7 Å². The molecule has 3 heteroatoms. The molecule has 1 aliphatic rings. The zero-order valence-corrected chi connectivity index (χ0v) is 10.2. The lowest BCUT2D eigenvalue weighted by molar-refractivity contribution is 0.346. The van der Waals surface area contributed by atoms with Crippen molar-refractivity contribution in [2.24, 2.45) is 0 Å². The first-order chi connectivity index (χ1) is 8.17. The highest BCUT2D eigenvalue weighted by Gasteiger charge is 2.38. The van der Waals surface area contributed by atoms with Crippen LogP contribution in [0.15, 0.2) is 18.2 Å². The van der Waals surface area contributed by atoms with Crippen LogP contribution in [-0.2, 0) is 4.74 Å². The van der Waals surface area contributed by atoms with Gasteiger partial charge in [0, 0.05) is 0 Å². The summed E-state index contributed by atoms with van der Waals surface area (Å²) in [5, 5.41) is 0. The molecule has 3 atom stereocenters. The van der Waals surface area contributed by atoms with Crippen LogP contribution in [0.25, 0.3) is 0 Å². The van der Waals surface area contributed by atoms with Gasteiger partial charge < -0.3 is 4.74 Å². The Balaban J connectivity index is 2.10. The van der Waals surface area contributed by atoms with Crippen molar-refractivity contribution in [2.75, 3.05) is 0 Å². The van der Waals surface area contributed by atoms with Crippen LogP contribution in [0, 0.1) is 11.6 Å².